The molecular weight excluding hydrogens is 250 g/mol. The van der Waals surface area contributed by atoms with Crippen LogP contribution < -0.4 is 4.74 Å². The molecule has 0 N–H and O–H groups in total. The summed E-state index contributed by atoms with van der Waals surface area (Å²) in [6.45, 7) is 1.73. The molecule has 0 spiro atoms. The summed E-state index contributed by atoms with van der Waals surface area (Å²) in [6, 6.07) is 11.8. The minimum atomic E-state index is -0.882. The van der Waals surface area contributed by atoms with Crippen molar-refractivity contribution in [3.8, 4) is 11.8 Å². The number of ketones is 1. The van der Waals surface area contributed by atoms with E-state index in [0.29, 0.717) is 12.0 Å². The monoisotopic (exact) mass is 265 g/mol. The van der Waals surface area contributed by atoms with Crippen LogP contribution in [0.1, 0.15) is 29.3 Å². The molecule has 0 amide bonds. The standard InChI is InChI=1S/C17H15NO2/c1-17(10-18)8-7-14-13-6-4-12(20-2)9-11(13)3-5-15(14)16(17)19/h3-6,9H,7-8H2,1-2H3. The fourth-order valence-corrected chi connectivity index (χ4v) is 2.87. The summed E-state index contributed by atoms with van der Waals surface area (Å²) in [5.41, 5.74) is 0.869. The lowest BCUT2D eigenvalue weighted by Crippen LogP contribution is -2.31. The topological polar surface area (TPSA) is 50.1 Å². The highest BCUT2D eigenvalue weighted by atomic mass is 16.5. The molecule has 0 radical (unpaired) electrons. The molecule has 20 heavy (non-hydrogen) atoms. The van der Waals surface area contributed by atoms with E-state index >= 15 is 0 Å². The van der Waals surface area contributed by atoms with E-state index in [1.807, 2.05) is 30.3 Å². The van der Waals surface area contributed by atoms with Gasteiger partial charge < -0.3 is 4.74 Å². The van der Waals surface area contributed by atoms with E-state index < -0.39 is 5.41 Å². The average molecular weight is 265 g/mol. The zero-order chi connectivity index (χ0) is 14.3. The van der Waals surface area contributed by atoms with Crippen LogP contribution in [0.4, 0.5) is 0 Å². The van der Waals surface area contributed by atoms with Crippen molar-refractivity contribution in [3.05, 3.63) is 41.5 Å². The molecule has 0 saturated carbocycles. The summed E-state index contributed by atoms with van der Waals surface area (Å²) in [5, 5.41) is 11.4. The second-order valence-electron chi connectivity index (χ2n) is 5.45. The average Bonchev–Trinajstić information content (AvgIpc) is 2.50. The summed E-state index contributed by atoms with van der Waals surface area (Å²) < 4.78 is 5.23. The Morgan fingerprint density at radius 3 is 2.80 bits per heavy atom. The largest absolute Gasteiger partial charge is 0.497 e. The van der Waals surface area contributed by atoms with Gasteiger partial charge >= 0.3 is 0 Å². The van der Waals surface area contributed by atoms with E-state index in [1.54, 1.807) is 14.0 Å². The lowest BCUT2D eigenvalue weighted by atomic mass is 9.72. The molecule has 1 aliphatic rings. The molecule has 2 aromatic rings. The Morgan fingerprint density at radius 2 is 2.10 bits per heavy atom. The number of fused-ring (bicyclic) bond motifs is 3. The summed E-state index contributed by atoms with van der Waals surface area (Å²) in [4.78, 5) is 12.5. The maximum Gasteiger partial charge on any atom is 0.183 e. The van der Waals surface area contributed by atoms with Crippen molar-refractivity contribution in [1.29, 1.82) is 5.26 Å². The zero-order valence-electron chi connectivity index (χ0n) is 11.6. The molecule has 0 fully saturated rings. The molecule has 0 bridgehead atoms. The van der Waals surface area contributed by atoms with Crippen molar-refractivity contribution in [1.82, 2.24) is 0 Å². The number of hydrogen-bond donors (Lipinski definition) is 0. The first kappa shape index (κ1) is 12.7. The van der Waals surface area contributed by atoms with Crippen LogP contribution in [0, 0.1) is 16.7 Å². The predicted octanol–water partition coefficient (Wildman–Crippen LogP) is 3.51. The van der Waals surface area contributed by atoms with Crippen molar-refractivity contribution < 1.29 is 9.53 Å². The Balaban J connectivity index is 2.22. The van der Waals surface area contributed by atoms with Crippen LogP contribution in [-0.4, -0.2) is 12.9 Å². The molecule has 3 nitrogen and oxygen atoms in total. The molecule has 1 unspecified atom stereocenters. The molecule has 0 saturated heterocycles. The Morgan fingerprint density at radius 1 is 1.30 bits per heavy atom. The van der Waals surface area contributed by atoms with Gasteiger partial charge in [-0.25, -0.2) is 0 Å². The highest BCUT2D eigenvalue weighted by molar-refractivity contribution is 6.08. The van der Waals surface area contributed by atoms with Crippen molar-refractivity contribution in [2.75, 3.05) is 7.11 Å². The van der Waals surface area contributed by atoms with Gasteiger partial charge in [-0.1, -0.05) is 18.2 Å². The van der Waals surface area contributed by atoms with Gasteiger partial charge in [-0.15, -0.1) is 0 Å². The number of hydrogen-bond acceptors (Lipinski definition) is 3. The molecule has 0 aromatic heterocycles. The van der Waals surface area contributed by atoms with Crippen molar-refractivity contribution >= 4 is 16.6 Å². The summed E-state index contributed by atoms with van der Waals surface area (Å²) in [5.74, 6) is 0.750. The van der Waals surface area contributed by atoms with Crippen LogP contribution >= 0.6 is 0 Å². The van der Waals surface area contributed by atoms with E-state index in [1.165, 1.54) is 0 Å². The van der Waals surface area contributed by atoms with Crippen LogP contribution in [-0.2, 0) is 6.42 Å². The number of rotatable bonds is 1. The first-order valence-electron chi connectivity index (χ1n) is 6.65. The van der Waals surface area contributed by atoms with Crippen LogP contribution in [0.2, 0.25) is 0 Å². The van der Waals surface area contributed by atoms with Gasteiger partial charge in [0.15, 0.2) is 5.78 Å². The van der Waals surface area contributed by atoms with Gasteiger partial charge in [0.25, 0.3) is 0 Å². The molecule has 1 aliphatic carbocycles. The molecule has 3 rings (SSSR count). The number of benzene rings is 2. The first-order chi connectivity index (χ1) is 9.59. The predicted molar refractivity (Wildman–Crippen MR) is 76.9 cm³/mol. The maximum absolute atomic E-state index is 12.5. The quantitative estimate of drug-likeness (QED) is 0.792. The normalized spacial score (nSPS) is 21.4. The zero-order valence-corrected chi connectivity index (χ0v) is 11.6. The van der Waals surface area contributed by atoms with Gasteiger partial charge in [0.1, 0.15) is 11.2 Å². The van der Waals surface area contributed by atoms with Gasteiger partial charge in [0, 0.05) is 5.56 Å². The van der Waals surface area contributed by atoms with Crippen molar-refractivity contribution in [2.24, 2.45) is 5.41 Å². The maximum atomic E-state index is 12.5. The third kappa shape index (κ3) is 1.69. The van der Waals surface area contributed by atoms with Gasteiger partial charge in [0.05, 0.1) is 13.2 Å². The highest BCUT2D eigenvalue weighted by Crippen LogP contribution is 2.38. The smallest absolute Gasteiger partial charge is 0.183 e. The van der Waals surface area contributed by atoms with E-state index in [4.69, 9.17) is 4.74 Å². The van der Waals surface area contributed by atoms with Crippen LogP contribution in [0.25, 0.3) is 10.8 Å². The number of aryl methyl sites for hydroxylation is 1. The molecule has 100 valence electrons. The number of carbonyl (C=O) groups is 1. The Kier molecular flexibility index (Phi) is 2.76. The SMILES string of the molecule is COc1ccc2c3c(ccc2c1)C(=O)C(C)(C#N)CC3. The molecule has 2 aromatic carbocycles. The Labute approximate surface area is 117 Å². The highest BCUT2D eigenvalue weighted by Gasteiger charge is 2.39. The molecular formula is C17H15NO2. The second-order valence-corrected chi connectivity index (χ2v) is 5.45. The van der Waals surface area contributed by atoms with Gasteiger partial charge in [0.2, 0.25) is 0 Å². The van der Waals surface area contributed by atoms with Crippen LogP contribution in [0.5, 0.6) is 5.75 Å². The molecule has 0 heterocycles. The lowest BCUT2D eigenvalue weighted by Gasteiger charge is -2.28. The number of methoxy groups -OCH3 is 1. The molecule has 3 heteroatoms. The summed E-state index contributed by atoms with van der Waals surface area (Å²) >= 11 is 0. The first-order valence-corrected chi connectivity index (χ1v) is 6.65. The van der Waals surface area contributed by atoms with Crippen LogP contribution in [0.3, 0.4) is 0 Å². The van der Waals surface area contributed by atoms with Crippen molar-refractivity contribution in [2.45, 2.75) is 19.8 Å². The third-order valence-electron chi connectivity index (χ3n) is 4.21. The number of Topliss-reactive ketones (excluding diaryl/α,β-unsaturated/α-hetero) is 1. The Hall–Kier alpha value is -2.34. The van der Waals surface area contributed by atoms with Crippen molar-refractivity contribution in [3.63, 3.8) is 0 Å². The number of ether oxygens (including phenoxy) is 1. The van der Waals surface area contributed by atoms with E-state index in [0.717, 1.165) is 28.5 Å². The van der Waals surface area contributed by atoms with E-state index in [-0.39, 0.29) is 5.78 Å². The molecule has 1 atom stereocenters. The fraction of sp³-hybridized carbons (Fsp3) is 0.294. The van der Waals surface area contributed by atoms with Gasteiger partial charge in [-0.3, -0.25) is 4.79 Å². The number of carbonyl (C=O) groups excluding carboxylic acids is 1. The van der Waals surface area contributed by atoms with E-state index in [9.17, 15) is 10.1 Å². The van der Waals surface area contributed by atoms with Crippen LogP contribution in [0.15, 0.2) is 30.3 Å². The minimum absolute atomic E-state index is 0.0565. The number of nitriles is 1. The minimum Gasteiger partial charge on any atom is -0.497 e. The van der Waals surface area contributed by atoms with Gasteiger partial charge in [-0.2, -0.15) is 5.26 Å². The lowest BCUT2D eigenvalue weighted by molar-refractivity contribution is 0.0854. The van der Waals surface area contributed by atoms with E-state index in [2.05, 4.69) is 6.07 Å². The summed E-state index contributed by atoms with van der Waals surface area (Å²) in [7, 11) is 1.64. The Bertz CT molecular complexity index is 757. The summed E-state index contributed by atoms with van der Waals surface area (Å²) in [6.07, 6.45) is 1.34. The fourth-order valence-electron chi connectivity index (χ4n) is 2.87. The van der Waals surface area contributed by atoms with Gasteiger partial charge in [-0.05, 0) is 48.2 Å². The molecule has 0 aliphatic heterocycles. The third-order valence-corrected chi connectivity index (χ3v) is 4.21. The second kappa shape index (κ2) is 4.35. The number of nitrogens with zero attached hydrogens (tertiary/aromatic N) is 1.